The Morgan fingerprint density at radius 3 is 2.70 bits per heavy atom. The Morgan fingerprint density at radius 2 is 2.00 bits per heavy atom. The average Bonchev–Trinajstić information content (AvgIpc) is 2.42. The quantitative estimate of drug-likeness (QED) is 0.778. The number of pyridine rings is 1. The first-order valence-corrected chi connectivity index (χ1v) is 7.36. The molecule has 1 heterocycles. The number of hydrogen-bond donors (Lipinski definition) is 0. The van der Waals surface area contributed by atoms with E-state index in [1.54, 1.807) is 31.4 Å². The molecule has 1 aromatic carbocycles. The van der Waals surface area contributed by atoms with Crippen LogP contribution < -0.4 is 0 Å². The van der Waals surface area contributed by atoms with Crippen molar-refractivity contribution in [1.29, 1.82) is 0 Å². The molecule has 2 aromatic rings. The van der Waals surface area contributed by atoms with E-state index in [4.69, 9.17) is 0 Å². The summed E-state index contributed by atoms with van der Waals surface area (Å²) in [7, 11) is 1.63. The number of rotatable bonds is 3. The summed E-state index contributed by atoms with van der Waals surface area (Å²) < 4.78 is 15.2. The smallest absolute Gasteiger partial charge is 0.255 e. The van der Waals surface area contributed by atoms with Crippen molar-refractivity contribution in [3.05, 3.63) is 62.5 Å². The molecule has 0 spiro atoms. The van der Waals surface area contributed by atoms with Crippen molar-refractivity contribution in [3.8, 4) is 0 Å². The highest BCUT2D eigenvalue weighted by atomic mass is 79.9. The Kier molecular flexibility index (Phi) is 4.88. The molecule has 1 amide bonds. The second kappa shape index (κ2) is 6.45. The maximum Gasteiger partial charge on any atom is 0.255 e. The first-order chi connectivity index (χ1) is 9.47. The van der Waals surface area contributed by atoms with Crippen LogP contribution in [-0.4, -0.2) is 22.8 Å². The molecule has 0 aliphatic carbocycles. The normalized spacial score (nSPS) is 10.4. The van der Waals surface area contributed by atoms with Crippen LogP contribution in [0.4, 0.5) is 4.39 Å². The molecule has 0 saturated carbocycles. The molecular weight excluding hydrogens is 391 g/mol. The molecule has 3 nitrogen and oxygen atoms in total. The molecule has 0 N–H and O–H groups in total. The number of aromatic nitrogens is 1. The van der Waals surface area contributed by atoms with E-state index in [2.05, 4.69) is 36.8 Å². The Bertz CT molecular complexity index is 649. The molecule has 0 aliphatic heterocycles. The number of carbonyl (C=O) groups is 1. The van der Waals surface area contributed by atoms with Crippen LogP contribution in [0.2, 0.25) is 0 Å². The minimum atomic E-state index is -0.333. The third-order valence-corrected chi connectivity index (χ3v) is 3.64. The van der Waals surface area contributed by atoms with Crippen LogP contribution in [0, 0.1) is 5.82 Å². The summed E-state index contributed by atoms with van der Waals surface area (Å²) in [5.74, 6) is -0.543. The highest BCUT2D eigenvalue weighted by molar-refractivity contribution is 9.10. The standard InChI is InChI=1S/C14H11Br2FN2O/c1-19(8-10-5-11(15)2-3-13(10)17)14(20)9-4-12(16)7-18-6-9/h2-7H,8H2,1H3. The van der Waals surface area contributed by atoms with Crippen molar-refractivity contribution in [1.82, 2.24) is 9.88 Å². The molecular formula is C14H11Br2FN2O. The molecule has 0 fully saturated rings. The number of amides is 1. The van der Waals surface area contributed by atoms with Crippen LogP contribution in [0.25, 0.3) is 0 Å². The van der Waals surface area contributed by atoms with Gasteiger partial charge in [0.05, 0.1) is 5.56 Å². The second-order valence-electron chi connectivity index (χ2n) is 4.29. The maximum absolute atomic E-state index is 13.7. The monoisotopic (exact) mass is 400 g/mol. The topological polar surface area (TPSA) is 33.2 Å². The van der Waals surface area contributed by atoms with Gasteiger partial charge in [-0.05, 0) is 40.2 Å². The van der Waals surface area contributed by atoms with Crippen LogP contribution in [0.1, 0.15) is 15.9 Å². The fourth-order valence-electron chi connectivity index (χ4n) is 1.74. The van der Waals surface area contributed by atoms with Gasteiger partial charge in [-0.1, -0.05) is 15.9 Å². The lowest BCUT2D eigenvalue weighted by molar-refractivity contribution is 0.0783. The lowest BCUT2D eigenvalue weighted by atomic mass is 10.2. The summed E-state index contributed by atoms with van der Waals surface area (Å²) in [5.41, 5.74) is 0.912. The van der Waals surface area contributed by atoms with Gasteiger partial charge in [0.1, 0.15) is 5.82 Å². The minimum absolute atomic E-state index is 0.191. The fraction of sp³-hybridized carbons (Fsp3) is 0.143. The van der Waals surface area contributed by atoms with E-state index in [0.29, 0.717) is 11.1 Å². The van der Waals surface area contributed by atoms with Crippen LogP contribution in [0.3, 0.4) is 0 Å². The summed E-state index contributed by atoms with van der Waals surface area (Å²) in [6, 6.07) is 6.35. The third kappa shape index (κ3) is 3.64. The third-order valence-electron chi connectivity index (χ3n) is 2.71. The van der Waals surface area contributed by atoms with Crippen molar-refractivity contribution in [2.24, 2.45) is 0 Å². The highest BCUT2D eigenvalue weighted by Gasteiger charge is 2.14. The van der Waals surface area contributed by atoms with Crippen molar-refractivity contribution in [2.75, 3.05) is 7.05 Å². The minimum Gasteiger partial charge on any atom is -0.337 e. The summed E-state index contributed by atoms with van der Waals surface area (Å²) >= 11 is 6.56. The van der Waals surface area contributed by atoms with Crippen LogP contribution >= 0.6 is 31.9 Å². The van der Waals surface area contributed by atoms with Crippen LogP contribution in [-0.2, 0) is 6.54 Å². The second-order valence-corrected chi connectivity index (χ2v) is 6.12. The lowest BCUT2D eigenvalue weighted by Crippen LogP contribution is -2.26. The molecule has 1 aromatic heterocycles. The van der Waals surface area contributed by atoms with Crippen molar-refractivity contribution in [3.63, 3.8) is 0 Å². The Morgan fingerprint density at radius 1 is 1.25 bits per heavy atom. The molecule has 20 heavy (non-hydrogen) atoms. The number of carbonyl (C=O) groups excluding carboxylic acids is 1. The van der Waals surface area contributed by atoms with Crippen molar-refractivity contribution < 1.29 is 9.18 Å². The van der Waals surface area contributed by atoms with E-state index in [0.717, 1.165) is 8.95 Å². The van der Waals surface area contributed by atoms with Gasteiger partial charge >= 0.3 is 0 Å². The van der Waals surface area contributed by atoms with Gasteiger partial charge in [0, 0.05) is 40.5 Å². The zero-order valence-corrected chi connectivity index (χ0v) is 13.8. The molecule has 0 atom stereocenters. The van der Waals surface area contributed by atoms with Gasteiger partial charge in [0.25, 0.3) is 5.91 Å². The predicted molar refractivity (Wildman–Crippen MR) is 81.8 cm³/mol. The zero-order valence-electron chi connectivity index (χ0n) is 10.6. The molecule has 0 aliphatic rings. The van der Waals surface area contributed by atoms with Crippen LogP contribution in [0.5, 0.6) is 0 Å². The SMILES string of the molecule is CN(Cc1cc(Br)ccc1F)C(=O)c1cncc(Br)c1. The van der Waals surface area contributed by atoms with Gasteiger partial charge < -0.3 is 4.90 Å². The van der Waals surface area contributed by atoms with Gasteiger partial charge in [-0.3, -0.25) is 9.78 Å². The molecule has 0 radical (unpaired) electrons. The number of benzene rings is 1. The summed E-state index contributed by atoms with van der Waals surface area (Å²) in [5, 5.41) is 0. The summed E-state index contributed by atoms with van der Waals surface area (Å²) in [6.45, 7) is 0.191. The number of hydrogen-bond acceptors (Lipinski definition) is 2. The predicted octanol–water partition coefficient (Wildman–Crippen LogP) is 4.02. The van der Waals surface area contributed by atoms with E-state index in [1.165, 1.54) is 17.2 Å². The molecule has 6 heteroatoms. The first kappa shape index (κ1) is 15.1. The molecule has 0 bridgehead atoms. The van der Waals surface area contributed by atoms with Gasteiger partial charge in [-0.2, -0.15) is 0 Å². The fourth-order valence-corrected chi connectivity index (χ4v) is 2.51. The van der Waals surface area contributed by atoms with E-state index >= 15 is 0 Å². The van der Waals surface area contributed by atoms with Crippen molar-refractivity contribution >= 4 is 37.8 Å². The van der Waals surface area contributed by atoms with Crippen LogP contribution in [0.15, 0.2) is 45.6 Å². The van der Waals surface area contributed by atoms with E-state index in [-0.39, 0.29) is 18.3 Å². The van der Waals surface area contributed by atoms with Gasteiger partial charge in [0.2, 0.25) is 0 Å². The molecule has 0 unspecified atom stereocenters. The first-order valence-electron chi connectivity index (χ1n) is 5.77. The summed E-state index contributed by atoms with van der Waals surface area (Å²) in [4.78, 5) is 17.6. The average molecular weight is 402 g/mol. The zero-order chi connectivity index (χ0) is 14.7. The maximum atomic E-state index is 13.7. The van der Waals surface area contributed by atoms with Gasteiger partial charge in [-0.15, -0.1) is 0 Å². The molecule has 2 rings (SSSR count). The van der Waals surface area contributed by atoms with E-state index in [1.807, 2.05) is 0 Å². The summed E-state index contributed by atoms with van der Waals surface area (Å²) in [6.07, 6.45) is 3.09. The number of halogens is 3. The van der Waals surface area contributed by atoms with E-state index in [9.17, 15) is 9.18 Å². The van der Waals surface area contributed by atoms with Gasteiger partial charge in [-0.25, -0.2) is 4.39 Å². The Balaban J connectivity index is 2.17. The van der Waals surface area contributed by atoms with Crippen molar-refractivity contribution in [2.45, 2.75) is 6.54 Å². The largest absolute Gasteiger partial charge is 0.337 e. The Hall–Kier alpha value is -1.27. The van der Waals surface area contributed by atoms with Gasteiger partial charge in [0.15, 0.2) is 0 Å². The Labute approximate surface area is 133 Å². The molecule has 0 saturated heterocycles. The number of nitrogens with zero attached hydrogens (tertiary/aromatic N) is 2. The highest BCUT2D eigenvalue weighted by Crippen LogP contribution is 2.18. The van der Waals surface area contributed by atoms with E-state index < -0.39 is 0 Å². The lowest BCUT2D eigenvalue weighted by Gasteiger charge is -2.18. The molecule has 104 valence electrons.